The third-order valence-corrected chi connectivity index (χ3v) is 2.63. The lowest BCUT2D eigenvalue weighted by Gasteiger charge is -2.24. The molecule has 3 heteroatoms. The molecule has 3 N–H and O–H groups in total. The maximum Gasteiger partial charge on any atom is 0.0794 e. The number of benzene rings is 1. The van der Waals surface area contributed by atoms with Crippen LogP contribution in [0.1, 0.15) is 19.4 Å². The number of nitrogens with one attached hydrogen (secondary N) is 1. The number of anilines is 2. The van der Waals surface area contributed by atoms with Gasteiger partial charge in [0, 0.05) is 25.0 Å². The average molecular weight is 208 g/mol. The van der Waals surface area contributed by atoms with Crippen LogP contribution in [0, 0.1) is 6.92 Å². The lowest BCUT2D eigenvalue weighted by atomic mass is 10.1. The molecule has 0 aliphatic heterocycles. The molecule has 3 nitrogen and oxygen atoms in total. The predicted octanol–water partition coefficient (Wildman–Crippen LogP) is 2.41. The van der Waals surface area contributed by atoms with Crippen LogP contribution in [-0.2, 0) is 4.74 Å². The lowest BCUT2D eigenvalue weighted by molar-refractivity contribution is 0.0344. The largest absolute Gasteiger partial charge is 0.398 e. The van der Waals surface area contributed by atoms with Crippen molar-refractivity contribution in [3.05, 3.63) is 23.8 Å². The van der Waals surface area contributed by atoms with Gasteiger partial charge >= 0.3 is 0 Å². The molecule has 0 spiro atoms. The highest BCUT2D eigenvalue weighted by Crippen LogP contribution is 2.21. The van der Waals surface area contributed by atoms with Crippen molar-refractivity contribution in [1.29, 1.82) is 0 Å². The molecule has 0 fully saturated rings. The van der Waals surface area contributed by atoms with Crippen molar-refractivity contribution in [3.63, 3.8) is 0 Å². The summed E-state index contributed by atoms with van der Waals surface area (Å²) in [4.78, 5) is 0. The van der Waals surface area contributed by atoms with E-state index in [1.807, 2.05) is 39.0 Å². The zero-order chi connectivity index (χ0) is 11.5. The van der Waals surface area contributed by atoms with Crippen molar-refractivity contribution in [1.82, 2.24) is 0 Å². The Balaban J connectivity index is 2.70. The summed E-state index contributed by atoms with van der Waals surface area (Å²) in [5.74, 6) is 0. The van der Waals surface area contributed by atoms with Gasteiger partial charge in [0.15, 0.2) is 0 Å². The van der Waals surface area contributed by atoms with E-state index in [1.54, 1.807) is 7.11 Å². The van der Waals surface area contributed by atoms with Crippen LogP contribution in [-0.4, -0.2) is 19.3 Å². The molecule has 1 aromatic rings. The van der Waals surface area contributed by atoms with Crippen LogP contribution in [0.2, 0.25) is 0 Å². The summed E-state index contributed by atoms with van der Waals surface area (Å²) >= 11 is 0. The molecule has 0 bridgehead atoms. The molecule has 84 valence electrons. The maximum atomic E-state index is 5.82. The van der Waals surface area contributed by atoms with Gasteiger partial charge in [0.25, 0.3) is 0 Å². The normalized spacial score (nSPS) is 11.5. The molecule has 0 amide bonds. The number of hydrogen-bond donors (Lipinski definition) is 2. The fourth-order valence-corrected chi connectivity index (χ4v) is 1.23. The summed E-state index contributed by atoms with van der Waals surface area (Å²) in [7, 11) is 1.72. The average Bonchev–Trinajstić information content (AvgIpc) is 2.20. The van der Waals surface area contributed by atoms with Crippen LogP contribution < -0.4 is 11.1 Å². The summed E-state index contributed by atoms with van der Waals surface area (Å²) in [6.45, 7) is 6.86. The topological polar surface area (TPSA) is 47.3 Å². The molecule has 0 radical (unpaired) electrons. The molecule has 0 aliphatic rings. The van der Waals surface area contributed by atoms with Crippen molar-refractivity contribution in [2.24, 2.45) is 0 Å². The molecule has 1 aromatic carbocycles. The zero-order valence-corrected chi connectivity index (χ0v) is 9.92. The Hall–Kier alpha value is -1.22. The summed E-state index contributed by atoms with van der Waals surface area (Å²) in [6.07, 6.45) is 0. The van der Waals surface area contributed by atoms with Gasteiger partial charge in [0.1, 0.15) is 0 Å². The number of hydrogen-bond acceptors (Lipinski definition) is 3. The van der Waals surface area contributed by atoms with Crippen LogP contribution in [0.5, 0.6) is 0 Å². The smallest absolute Gasteiger partial charge is 0.0794 e. The van der Waals surface area contributed by atoms with Gasteiger partial charge in [-0.1, -0.05) is 6.07 Å². The minimum atomic E-state index is -0.170. The Morgan fingerprint density at radius 2 is 2.07 bits per heavy atom. The third kappa shape index (κ3) is 3.13. The SMILES string of the molecule is COC(C)(C)CNc1cccc(N)c1C. The van der Waals surface area contributed by atoms with Gasteiger partial charge in [0.05, 0.1) is 5.60 Å². The van der Waals surface area contributed by atoms with Crippen molar-refractivity contribution in [2.75, 3.05) is 24.7 Å². The molecule has 0 aromatic heterocycles. The Morgan fingerprint density at radius 1 is 1.40 bits per heavy atom. The van der Waals surface area contributed by atoms with E-state index in [4.69, 9.17) is 10.5 Å². The Morgan fingerprint density at radius 3 is 2.67 bits per heavy atom. The fourth-order valence-electron chi connectivity index (χ4n) is 1.23. The maximum absolute atomic E-state index is 5.82. The second kappa shape index (κ2) is 4.53. The number of nitrogens with two attached hydrogens (primary N) is 1. The van der Waals surface area contributed by atoms with E-state index < -0.39 is 0 Å². The van der Waals surface area contributed by atoms with Gasteiger partial charge in [-0.25, -0.2) is 0 Å². The van der Waals surface area contributed by atoms with Gasteiger partial charge in [-0.15, -0.1) is 0 Å². The second-order valence-electron chi connectivity index (χ2n) is 4.34. The number of rotatable bonds is 4. The standard InChI is InChI=1S/C12H20N2O/c1-9-10(13)6-5-7-11(9)14-8-12(2,3)15-4/h5-7,14H,8,13H2,1-4H3. The fraction of sp³-hybridized carbons (Fsp3) is 0.500. The van der Waals surface area contributed by atoms with Crippen LogP contribution in [0.15, 0.2) is 18.2 Å². The highest BCUT2D eigenvalue weighted by molar-refractivity contribution is 5.62. The first-order valence-corrected chi connectivity index (χ1v) is 5.10. The summed E-state index contributed by atoms with van der Waals surface area (Å²) < 4.78 is 5.34. The third-order valence-electron chi connectivity index (χ3n) is 2.63. The van der Waals surface area contributed by atoms with E-state index in [1.165, 1.54) is 0 Å². The van der Waals surface area contributed by atoms with Crippen molar-refractivity contribution in [2.45, 2.75) is 26.4 Å². The number of methoxy groups -OCH3 is 1. The molecule has 1 rings (SSSR count). The van der Waals surface area contributed by atoms with Crippen molar-refractivity contribution < 1.29 is 4.74 Å². The van der Waals surface area contributed by atoms with Gasteiger partial charge in [-0.2, -0.15) is 0 Å². The molecule has 0 aliphatic carbocycles. The zero-order valence-electron chi connectivity index (χ0n) is 9.92. The molecular formula is C12H20N2O. The van der Waals surface area contributed by atoms with Crippen LogP contribution in [0.25, 0.3) is 0 Å². The number of ether oxygens (including phenoxy) is 1. The van der Waals surface area contributed by atoms with Gasteiger partial charge < -0.3 is 15.8 Å². The lowest BCUT2D eigenvalue weighted by Crippen LogP contribution is -2.32. The molecule has 0 saturated heterocycles. The summed E-state index contributed by atoms with van der Waals surface area (Å²) in [5.41, 5.74) is 8.62. The van der Waals surface area contributed by atoms with E-state index in [0.29, 0.717) is 0 Å². The van der Waals surface area contributed by atoms with Crippen molar-refractivity contribution >= 4 is 11.4 Å². The monoisotopic (exact) mass is 208 g/mol. The van der Waals surface area contributed by atoms with E-state index in [9.17, 15) is 0 Å². The van der Waals surface area contributed by atoms with Gasteiger partial charge in [0.2, 0.25) is 0 Å². The molecule has 0 saturated carbocycles. The summed E-state index contributed by atoms with van der Waals surface area (Å²) in [5, 5.41) is 3.34. The highest BCUT2D eigenvalue weighted by atomic mass is 16.5. The minimum Gasteiger partial charge on any atom is -0.398 e. The minimum absolute atomic E-state index is 0.170. The molecular weight excluding hydrogens is 188 g/mol. The van der Waals surface area contributed by atoms with E-state index in [2.05, 4.69) is 5.32 Å². The Labute approximate surface area is 91.6 Å². The molecule has 0 unspecified atom stereocenters. The Bertz CT molecular complexity index is 334. The summed E-state index contributed by atoms with van der Waals surface area (Å²) in [6, 6.07) is 5.88. The molecule has 0 atom stereocenters. The van der Waals surface area contributed by atoms with Crippen molar-refractivity contribution in [3.8, 4) is 0 Å². The van der Waals surface area contributed by atoms with E-state index in [-0.39, 0.29) is 5.60 Å². The van der Waals surface area contributed by atoms with E-state index in [0.717, 1.165) is 23.5 Å². The Kier molecular flexibility index (Phi) is 3.58. The molecule has 15 heavy (non-hydrogen) atoms. The first-order valence-electron chi connectivity index (χ1n) is 5.10. The van der Waals surface area contributed by atoms with Crippen LogP contribution >= 0.6 is 0 Å². The van der Waals surface area contributed by atoms with Crippen LogP contribution in [0.3, 0.4) is 0 Å². The van der Waals surface area contributed by atoms with Gasteiger partial charge in [-0.05, 0) is 38.5 Å². The predicted molar refractivity (Wildman–Crippen MR) is 65.2 cm³/mol. The first kappa shape index (κ1) is 11.9. The number of nitrogen functional groups attached to an aromatic ring is 1. The van der Waals surface area contributed by atoms with Gasteiger partial charge in [-0.3, -0.25) is 0 Å². The van der Waals surface area contributed by atoms with Crippen LogP contribution in [0.4, 0.5) is 11.4 Å². The van der Waals surface area contributed by atoms with E-state index >= 15 is 0 Å². The molecule has 0 heterocycles. The first-order chi connectivity index (χ1) is 6.96. The quantitative estimate of drug-likeness (QED) is 0.747. The highest BCUT2D eigenvalue weighted by Gasteiger charge is 2.16. The second-order valence-corrected chi connectivity index (χ2v) is 4.34.